The number of anilines is 1. The van der Waals surface area contributed by atoms with Gasteiger partial charge in [-0.1, -0.05) is 0 Å². The number of fused-ring (bicyclic) bond motifs is 1. The van der Waals surface area contributed by atoms with Crippen molar-refractivity contribution in [1.82, 2.24) is 14.1 Å². The van der Waals surface area contributed by atoms with E-state index in [1.54, 1.807) is 5.38 Å². The molecule has 2 aromatic heterocycles. The second-order valence-corrected chi connectivity index (χ2v) is 5.81. The zero-order chi connectivity index (χ0) is 13.3. The quantitative estimate of drug-likeness (QED) is 0.387. The zero-order valence-corrected chi connectivity index (χ0v) is 10.6. The van der Waals surface area contributed by atoms with Gasteiger partial charge in [-0.2, -0.15) is 4.98 Å². The molecule has 1 amide bonds. The lowest BCUT2D eigenvalue weighted by Crippen LogP contribution is -2.34. The summed E-state index contributed by atoms with van der Waals surface area (Å²) in [5.74, 6) is 4.43. The van der Waals surface area contributed by atoms with E-state index in [0.717, 1.165) is 0 Å². The molecule has 0 saturated carbocycles. The van der Waals surface area contributed by atoms with Crippen LogP contribution in [0.5, 0.6) is 0 Å². The molecule has 18 heavy (non-hydrogen) atoms. The number of amides is 1. The Morgan fingerprint density at radius 1 is 1.56 bits per heavy atom. The highest BCUT2D eigenvalue weighted by Crippen LogP contribution is 2.24. The third-order valence-corrected chi connectivity index (χ3v) is 4.23. The van der Waals surface area contributed by atoms with Crippen LogP contribution in [-0.2, 0) is 14.8 Å². The Morgan fingerprint density at radius 3 is 2.89 bits per heavy atom. The summed E-state index contributed by atoms with van der Waals surface area (Å²) >= 11 is 1.25. The van der Waals surface area contributed by atoms with Crippen LogP contribution in [0.3, 0.4) is 0 Å². The maximum Gasteiger partial charge on any atom is 0.260 e. The average molecular weight is 290 g/mol. The molecule has 0 bridgehead atoms. The molecule has 0 aliphatic carbocycles. The summed E-state index contributed by atoms with van der Waals surface area (Å²) in [6.07, 6.45) is 1.53. The van der Waals surface area contributed by atoms with Gasteiger partial charge in [-0.3, -0.25) is 9.20 Å². The van der Waals surface area contributed by atoms with Crippen molar-refractivity contribution in [3.8, 4) is 0 Å². The van der Waals surface area contributed by atoms with Crippen LogP contribution in [0.2, 0.25) is 0 Å². The van der Waals surface area contributed by atoms with Crippen LogP contribution < -0.4 is 21.7 Å². The van der Waals surface area contributed by atoms with Crippen molar-refractivity contribution in [1.29, 1.82) is 0 Å². The summed E-state index contributed by atoms with van der Waals surface area (Å²) < 4.78 is 27.5. The van der Waals surface area contributed by atoms with E-state index in [2.05, 4.69) is 15.1 Å². The zero-order valence-electron chi connectivity index (χ0n) is 8.95. The molecular weight excluding hydrogens is 280 g/mol. The standard InChI is InChI=1S/C7H10N6O3S2/c8-4(14)3-10-18(15,16)6-5(12-9)11-7-13(6)1-2-17-7/h1-2,10,12H,3,9H2,(H2,8,14). The van der Waals surface area contributed by atoms with Crippen molar-refractivity contribution < 1.29 is 13.2 Å². The summed E-state index contributed by atoms with van der Waals surface area (Å²) in [5, 5.41) is 1.51. The van der Waals surface area contributed by atoms with E-state index in [4.69, 9.17) is 11.6 Å². The summed E-state index contributed by atoms with van der Waals surface area (Å²) in [4.78, 5) is 15.1. The number of sulfonamides is 1. The first-order valence-corrected chi connectivity index (χ1v) is 7.02. The van der Waals surface area contributed by atoms with Crippen LogP contribution in [0, 0.1) is 0 Å². The molecule has 0 aromatic carbocycles. The number of carbonyl (C=O) groups is 1. The highest BCUT2D eigenvalue weighted by atomic mass is 32.2. The third kappa shape index (κ3) is 2.15. The number of hydrazine groups is 1. The molecule has 2 aromatic rings. The van der Waals surface area contributed by atoms with Gasteiger partial charge in [0.05, 0.1) is 6.54 Å². The molecule has 2 heterocycles. The van der Waals surface area contributed by atoms with E-state index in [1.807, 2.05) is 0 Å². The number of nitrogens with one attached hydrogen (secondary N) is 2. The number of nitrogen functional groups attached to an aromatic ring is 1. The molecule has 0 radical (unpaired) electrons. The van der Waals surface area contributed by atoms with Crippen molar-refractivity contribution >= 4 is 38.0 Å². The number of aromatic nitrogens is 2. The number of hydrogen-bond donors (Lipinski definition) is 4. The Labute approximate surface area is 106 Å². The Morgan fingerprint density at radius 2 is 2.28 bits per heavy atom. The van der Waals surface area contributed by atoms with Gasteiger partial charge >= 0.3 is 0 Å². The monoisotopic (exact) mass is 290 g/mol. The van der Waals surface area contributed by atoms with Crippen molar-refractivity contribution in [2.24, 2.45) is 11.6 Å². The van der Waals surface area contributed by atoms with E-state index in [1.165, 1.54) is 21.9 Å². The molecule has 0 unspecified atom stereocenters. The van der Waals surface area contributed by atoms with Crippen LogP contribution in [0.4, 0.5) is 5.82 Å². The predicted octanol–water partition coefficient (Wildman–Crippen LogP) is -1.55. The molecule has 6 N–H and O–H groups in total. The molecule has 9 nitrogen and oxygen atoms in total. The first kappa shape index (κ1) is 12.8. The lowest BCUT2D eigenvalue weighted by molar-refractivity contribution is -0.116. The van der Waals surface area contributed by atoms with E-state index < -0.39 is 22.5 Å². The highest BCUT2D eigenvalue weighted by Gasteiger charge is 2.25. The van der Waals surface area contributed by atoms with Crippen molar-refractivity contribution in [2.75, 3.05) is 12.0 Å². The number of nitrogens with zero attached hydrogens (tertiary/aromatic N) is 2. The van der Waals surface area contributed by atoms with Gasteiger partial charge in [-0.25, -0.2) is 19.0 Å². The molecule has 0 aliphatic heterocycles. The van der Waals surface area contributed by atoms with Gasteiger partial charge in [0.1, 0.15) is 0 Å². The van der Waals surface area contributed by atoms with E-state index >= 15 is 0 Å². The van der Waals surface area contributed by atoms with Crippen molar-refractivity contribution in [2.45, 2.75) is 5.03 Å². The molecule has 98 valence electrons. The number of rotatable bonds is 5. The van der Waals surface area contributed by atoms with E-state index in [9.17, 15) is 13.2 Å². The number of carbonyl (C=O) groups excluding carboxylic acids is 1. The third-order valence-electron chi connectivity index (χ3n) is 2.05. The normalized spacial score (nSPS) is 11.8. The fraction of sp³-hybridized carbons (Fsp3) is 0.143. The maximum atomic E-state index is 12.0. The molecule has 0 fully saturated rings. The minimum atomic E-state index is -3.94. The minimum Gasteiger partial charge on any atom is -0.369 e. The Balaban J connectivity index is 2.51. The van der Waals surface area contributed by atoms with Crippen molar-refractivity contribution in [3.05, 3.63) is 11.6 Å². The van der Waals surface area contributed by atoms with Crippen LogP contribution >= 0.6 is 11.3 Å². The number of imidazole rings is 1. The number of hydrogen-bond acceptors (Lipinski definition) is 7. The molecule has 0 atom stereocenters. The number of primary amides is 1. The fourth-order valence-corrected chi connectivity index (χ4v) is 3.36. The summed E-state index contributed by atoms with van der Waals surface area (Å²) in [6, 6.07) is 0. The van der Waals surface area contributed by atoms with Gasteiger partial charge in [-0.15, -0.1) is 11.3 Å². The number of thiazole rings is 1. The number of nitrogens with two attached hydrogens (primary N) is 2. The van der Waals surface area contributed by atoms with Crippen LogP contribution in [-0.4, -0.2) is 30.3 Å². The Hall–Kier alpha value is -1.69. The summed E-state index contributed by atoms with van der Waals surface area (Å²) in [7, 11) is -3.94. The maximum absolute atomic E-state index is 12.0. The van der Waals surface area contributed by atoms with Gasteiger partial charge in [0.15, 0.2) is 10.8 Å². The van der Waals surface area contributed by atoms with Gasteiger partial charge in [0.2, 0.25) is 10.9 Å². The Kier molecular flexibility index (Phi) is 3.21. The average Bonchev–Trinajstić information content (AvgIpc) is 2.84. The molecule has 11 heteroatoms. The van der Waals surface area contributed by atoms with E-state index in [0.29, 0.717) is 4.96 Å². The largest absolute Gasteiger partial charge is 0.369 e. The summed E-state index contributed by atoms with van der Waals surface area (Å²) in [5.41, 5.74) is 7.09. The van der Waals surface area contributed by atoms with Crippen molar-refractivity contribution in [3.63, 3.8) is 0 Å². The lowest BCUT2D eigenvalue weighted by Gasteiger charge is -2.05. The van der Waals surface area contributed by atoms with Gasteiger partial charge in [0, 0.05) is 11.6 Å². The van der Waals surface area contributed by atoms with Crippen LogP contribution in [0.25, 0.3) is 4.96 Å². The first-order valence-electron chi connectivity index (χ1n) is 4.66. The molecular formula is C7H10N6O3S2. The van der Waals surface area contributed by atoms with Gasteiger partial charge in [-0.05, 0) is 0 Å². The van der Waals surface area contributed by atoms with E-state index in [-0.39, 0.29) is 10.8 Å². The lowest BCUT2D eigenvalue weighted by atomic mass is 10.7. The topological polar surface area (TPSA) is 145 Å². The summed E-state index contributed by atoms with van der Waals surface area (Å²) in [6.45, 7) is -0.496. The van der Waals surface area contributed by atoms with Gasteiger partial charge in [0.25, 0.3) is 10.0 Å². The fourth-order valence-electron chi connectivity index (χ4n) is 1.35. The second kappa shape index (κ2) is 4.53. The Bertz CT molecular complexity index is 687. The van der Waals surface area contributed by atoms with Crippen LogP contribution in [0.1, 0.15) is 0 Å². The molecule has 0 saturated heterocycles. The highest BCUT2D eigenvalue weighted by molar-refractivity contribution is 7.89. The molecule has 0 aliphatic rings. The van der Waals surface area contributed by atoms with Gasteiger partial charge < -0.3 is 11.2 Å². The molecule has 2 rings (SSSR count). The first-order chi connectivity index (χ1) is 8.45. The predicted molar refractivity (Wildman–Crippen MR) is 65.3 cm³/mol. The smallest absolute Gasteiger partial charge is 0.260 e. The SMILES string of the molecule is NNc1nc2sccn2c1S(=O)(=O)NCC(N)=O. The second-order valence-electron chi connectivity index (χ2n) is 3.26. The molecule has 0 spiro atoms. The van der Waals surface area contributed by atoms with Crippen LogP contribution in [0.15, 0.2) is 16.6 Å². The minimum absolute atomic E-state index is 0.00109.